The number of aldehydes is 1. The molecule has 1 aliphatic heterocycles. The van der Waals surface area contributed by atoms with Crippen LogP contribution in [0.5, 0.6) is 5.75 Å². The zero-order valence-corrected chi connectivity index (χ0v) is 16.5. The van der Waals surface area contributed by atoms with Crippen LogP contribution >= 0.6 is 11.8 Å². The highest BCUT2D eigenvalue weighted by molar-refractivity contribution is 7.99. The summed E-state index contributed by atoms with van der Waals surface area (Å²) in [4.78, 5) is 35.9. The van der Waals surface area contributed by atoms with Crippen molar-refractivity contribution in [2.75, 3.05) is 36.5 Å². The Labute approximate surface area is 172 Å². The molecule has 0 unspecified atom stereocenters. The fraction of sp³-hybridized carbons (Fsp3) is 0.300. The first kappa shape index (κ1) is 20.8. The monoisotopic (exact) mass is 415 g/mol. The maximum Gasteiger partial charge on any atom is 0.270 e. The van der Waals surface area contributed by atoms with Crippen LogP contribution in [0, 0.1) is 10.1 Å². The molecule has 1 saturated heterocycles. The Morgan fingerprint density at radius 1 is 1.24 bits per heavy atom. The molecule has 1 N–H and O–H groups in total. The Bertz CT molecular complexity index is 899. The predicted octanol–water partition coefficient (Wildman–Crippen LogP) is 2.97. The first-order valence-corrected chi connectivity index (χ1v) is 10.3. The van der Waals surface area contributed by atoms with Crippen molar-refractivity contribution in [2.24, 2.45) is 0 Å². The lowest BCUT2D eigenvalue weighted by Crippen LogP contribution is -2.32. The van der Waals surface area contributed by atoms with E-state index in [1.807, 2.05) is 30.0 Å². The zero-order chi connectivity index (χ0) is 20.6. The molecule has 8 nitrogen and oxygen atoms in total. The number of nitro groups is 1. The third kappa shape index (κ3) is 6.03. The van der Waals surface area contributed by atoms with E-state index < -0.39 is 4.92 Å². The first-order valence-electron chi connectivity index (χ1n) is 9.10. The first-order chi connectivity index (χ1) is 14.0. The lowest BCUT2D eigenvalue weighted by molar-refractivity contribution is -0.384. The van der Waals surface area contributed by atoms with Gasteiger partial charge in [-0.2, -0.15) is 11.8 Å². The highest BCUT2D eigenvalue weighted by atomic mass is 32.2. The standard InChI is InChI=1S/C20H21N3O5S/c24-13-16-11-18(23(26)27)4-5-19(16)28-14-20(25)21-17-3-1-2-15(10-17)12-22-6-8-29-9-7-22/h1-5,10-11,13H,6-9,12,14H2,(H,21,25). The van der Waals surface area contributed by atoms with Crippen LogP contribution in [0.1, 0.15) is 15.9 Å². The quantitative estimate of drug-likeness (QED) is 0.402. The van der Waals surface area contributed by atoms with Gasteiger partial charge in [0, 0.05) is 49.0 Å². The van der Waals surface area contributed by atoms with Crippen LogP contribution < -0.4 is 10.1 Å². The summed E-state index contributed by atoms with van der Waals surface area (Å²) in [6.07, 6.45) is 0.461. The fourth-order valence-electron chi connectivity index (χ4n) is 2.98. The van der Waals surface area contributed by atoms with Crippen molar-refractivity contribution in [1.29, 1.82) is 0 Å². The van der Waals surface area contributed by atoms with E-state index in [1.54, 1.807) is 6.07 Å². The minimum absolute atomic E-state index is 0.0219. The largest absolute Gasteiger partial charge is 0.483 e. The summed E-state index contributed by atoms with van der Waals surface area (Å²) in [6.45, 7) is 2.64. The SMILES string of the molecule is O=Cc1cc([N+](=O)[O-])ccc1OCC(=O)Nc1cccc(CN2CCSCC2)c1. The number of amides is 1. The Hall–Kier alpha value is -2.91. The van der Waals surface area contributed by atoms with Crippen LogP contribution in [0.2, 0.25) is 0 Å². The second-order valence-corrected chi connectivity index (χ2v) is 7.75. The van der Waals surface area contributed by atoms with Gasteiger partial charge in [0.05, 0.1) is 10.5 Å². The summed E-state index contributed by atoms with van der Waals surface area (Å²) in [5, 5.41) is 13.6. The minimum Gasteiger partial charge on any atom is -0.483 e. The molecule has 1 amide bonds. The van der Waals surface area contributed by atoms with E-state index in [0.717, 1.165) is 42.8 Å². The summed E-state index contributed by atoms with van der Waals surface area (Å²) < 4.78 is 5.37. The number of hydrogen-bond donors (Lipinski definition) is 1. The van der Waals surface area contributed by atoms with Crippen molar-refractivity contribution in [3.63, 3.8) is 0 Å². The van der Waals surface area contributed by atoms with Gasteiger partial charge in [0.15, 0.2) is 12.9 Å². The summed E-state index contributed by atoms with van der Waals surface area (Å²) in [7, 11) is 0. The molecule has 0 aliphatic carbocycles. The Morgan fingerprint density at radius 2 is 2.03 bits per heavy atom. The molecular weight excluding hydrogens is 394 g/mol. The number of nitrogens with zero attached hydrogens (tertiary/aromatic N) is 2. The van der Waals surface area contributed by atoms with E-state index >= 15 is 0 Å². The molecule has 2 aromatic carbocycles. The number of rotatable bonds is 8. The number of thioether (sulfide) groups is 1. The number of nitro benzene ring substituents is 1. The van der Waals surface area contributed by atoms with Crippen LogP contribution in [0.3, 0.4) is 0 Å². The smallest absolute Gasteiger partial charge is 0.270 e. The number of ether oxygens (including phenoxy) is 1. The van der Waals surface area contributed by atoms with Crippen LogP contribution in [0.25, 0.3) is 0 Å². The Kier molecular flexibility index (Phi) is 7.20. The van der Waals surface area contributed by atoms with Gasteiger partial charge in [-0.05, 0) is 23.8 Å². The van der Waals surface area contributed by atoms with Gasteiger partial charge in [-0.1, -0.05) is 12.1 Å². The van der Waals surface area contributed by atoms with E-state index in [9.17, 15) is 19.7 Å². The average Bonchev–Trinajstić information content (AvgIpc) is 2.73. The third-order valence-electron chi connectivity index (χ3n) is 4.41. The molecule has 152 valence electrons. The summed E-state index contributed by atoms with van der Waals surface area (Å²) >= 11 is 1.96. The second-order valence-electron chi connectivity index (χ2n) is 6.52. The van der Waals surface area contributed by atoms with Gasteiger partial charge < -0.3 is 10.1 Å². The lowest BCUT2D eigenvalue weighted by Gasteiger charge is -2.26. The molecule has 1 aliphatic rings. The second kappa shape index (κ2) is 10.0. The van der Waals surface area contributed by atoms with Crippen LogP contribution in [-0.4, -0.2) is 53.2 Å². The topological polar surface area (TPSA) is 102 Å². The molecule has 0 saturated carbocycles. The van der Waals surface area contributed by atoms with E-state index in [1.165, 1.54) is 12.1 Å². The summed E-state index contributed by atoms with van der Waals surface area (Å²) in [5.41, 5.74) is 1.60. The molecule has 0 spiro atoms. The minimum atomic E-state index is -0.598. The Balaban J connectivity index is 1.56. The molecule has 29 heavy (non-hydrogen) atoms. The van der Waals surface area contributed by atoms with Gasteiger partial charge in [0.25, 0.3) is 11.6 Å². The summed E-state index contributed by atoms with van der Waals surface area (Å²) in [6, 6.07) is 11.3. The zero-order valence-electron chi connectivity index (χ0n) is 15.7. The van der Waals surface area contributed by atoms with Gasteiger partial charge in [0.1, 0.15) is 5.75 Å². The third-order valence-corrected chi connectivity index (χ3v) is 5.35. The van der Waals surface area contributed by atoms with E-state index in [-0.39, 0.29) is 29.5 Å². The van der Waals surface area contributed by atoms with E-state index in [2.05, 4.69) is 10.2 Å². The van der Waals surface area contributed by atoms with Gasteiger partial charge >= 0.3 is 0 Å². The van der Waals surface area contributed by atoms with Crippen molar-refractivity contribution in [2.45, 2.75) is 6.54 Å². The molecule has 1 fully saturated rings. The molecule has 2 aromatic rings. The van der Waals surface area contributed by atoms with Crippen LogP contribution in [0.15, 0.2) is 42.5 Å². The number of non-ortho nitro benzene ring substituents is 1. The highest BCUT2D eigenvalue weighted by Gasteiger charge is 2.14. The molecule has 0 atom stereocenters. The predicted molar refractivity (Wildman–Crippen MR) is 112 cm³/mol. The lowest BCUT2D eigenvalue weighted by atomic mass is 10.2. The maximum atomic E-state index is 12.2. The molecule has 1 heterocycles. The molecule has 3 rings (SSSR count). The van der Waals surface area contributed by atoms with Gasteiger partial charge in [0.2, 0.25) is 0 Å². The number of nitrogens with one attached hydrogen (secondary N) is 1. The van der Waals surface area contributed by atoms with Crippen molar-refractivity contribution in [3.05, 3.63) is 63.7 Å². The number of benzene rings is 2. The molecule has 0 bridgehead atoms. The maximum absolute atomic E-state index is 12.2. The Morgan fingerprint density at radius 3 is 2.76 bits per heavy atom. The normalized spacial score (nSPS) is 14.2. The summed E-state index contributed by atoms with van der Waals surface area (Å²) in [5.74, 6) is 2.02. The number of anilines is 1. The van der Waals surface area contributed by atoms with Crippen molar-refractivity contribution in [3.8, 4) is 5.75 Å². The van der Waals surface area contributed by atoms with E-state index in [0.29, 0.717) is 12.0 Å². The number of carbonyl (C=O) groups excluding carboxylic acids is 2. The molecule has 0 radical (unpaired) electrons. The van der Waals surface area contributed by atoms with Crippen molar-refractivity contribution >= 4 is 35.3 Å². The van der Waals surface area contributed by atoms with Crippen LogP contribution in [-0.2, 0) is 11.3 Å². The number of carbonyl (C=O) groups is 2. The van der Waals surface area contributed by atoms with Gasteiger partial charge in [-0.3, -0.25) is 24.6 Å². The molecule has 9 heteroatoms. The fourth-order valence-corrected chi connectivity index (χ4v) is 3.96. The van der Waals surface area contributed by atoms with Gasteiger partial charge in [-0.25, -0.2) is 0 Å². The molecular formula is C20H21N3O5S. The average molecular weight is 415 g/mol. The number of hydrogen-bond acceptors (Lipinski definition) is 7. The van der Waals surface area contributed by atoms with Gasteiger partial charge in [-0.15, -0.1) is 0 Å². The van der Waals surface area contributed by atoms with E-state index in [4.69, 9.17) is 4.74 Å². The van der Waals surface area contributed by atoms with Crippen LogP contribution in [0.4, 0.5) is 11.4 Å². The van der Waals surface area contributed by atoms with Crippen molar-refractivity contribution < 1.29 is 19.2 Å². The molecule has 0 aromatic heterocycles. The van der Waals surface area contributed by atoms with Crippen molar-refractivity contribution in [1.82, 2.24) is 4.90 Å². The highest BCUT2D eigenvalue weighted by Crippen LogP contribution is 2.23.